The highest BCUT2D eigenvalue weighted by atomic mass is 32.1. The summed E-state index contributed by atoms with van der Waals surface area (Å²) in [5.74, 6) is -0.397. The number of thiophene rings is 1. The first kappa shape index (κ1) is 23.1. The molecular weight excluding hydrogens is 488 g/mol. The smallest absolute Gasteiger partial charge is 0.331 e. The lowest BCUT2D eigenvalue weighted by molar-refractivity contribution is -0.119. The van der Waals surface area contributed by atoms with Crippen molar-refractivity contribution < 1.29 is 14.4 Å². The number of carbonyl (C=O) groups is 3. The highest BCUT2D eigenvalue weighted by Crippen LogP contribution is 2.46. The first-order valence-electron chi connectivity index (χ1n) is 12.1. The molecule has 3 N–H and O–H groups in total. The van der Waals surface area contributed by atoms with Crippen molar-refractivity contribution in [2.75, 3.05) is 10.2 Å². The largest absolute Gasteiger partial charge is 0.352 e. The summed E-state index contributed by atoms with van der Waals surface area (Å²) in [7, 11) is 0. The molecule has 2 atom stereocenters. The standard InChI is InChI=1S/C27H24N6O3S/c1-15(34)30-18-8-5-9-19(18)31-25(35)24-23-22-21(11-13-29-26(22)37-24)33(27(36)32-23)17-10-12-28-20(14-17)16-6-3-2-4-7-16/h2-4,6-7,10-14,18-19H,5,8-9H2,1H3,(H,30,34)(H,31,35)(H,32,36)/t18-,19+/m1/s1. The van der Waals surface area contributed by atoms with Gasteiger partial charge in [0.25, 0.3) is 5.91 Å². The molecule has 3 aromatic heterocycles. The van der Waals surface area contributed by atoms with Gasteiger partial charge < -0.3 is 16.0 Å². The van der Waals surface area contributed by atoms with Gasteiger partial charge in [-0.1, -0.05) is 30.3 Å². The zero-order chi connectivity index (χ0) is 25.5. The summed E-state index contributed by atoms with van der Waals surface area (Å²) in [6.45, 7) is 1.48. The van der Waals surface area contributed by atoms with Crippen LogP contribution in [-0.4, -0.2) is 39.9 Å². The fourth-order valence-corrected chi connectivity index (χ4v) is 6.15. The molecule has 0 saturated heterocycles. The first-order valence-corrected chi connectivity index (χ1v) is 12.9. The van der Waals surface area contributed by atoms with Gasteiger partial charge in [0.2, 0.25) is 5.91 Å². The highest BCUT2D eigenvalue weighted by Gasteiger charge is 2.35. The van der Waals surface area contributed by atoms with Crippen LogP contribution in [0.2, 0.25) is 0 Å². The Balaban J connectivity index is 1.36. The molecule has 0 unspecified atom stereocenters. The number of nitrogens with zero attached hydrogens (tertiary/aromatic N) is 3. The van der Waals surface area contributed by atoms with E-state index in [9.17, 15) is 14.4 Å². The van der Waals surface area contributed by atoms with E-state index < -0.39 is 0 Å². The number of urea groups is 1. The normalized spacial score (nSPS) is 18.5. The lowest BCUT2D eigenvalue weighted by atomic mass is 10.1. The van der Waals surface area contributed by atoms with E-state index >= 15 is 0 Å². The van der Waals surface area contributed by atoms with Crippen molar-refractivity contribution in [1.29, 1.82) is 0 Å². The molecule has 4 amide bonds. The molecule has 1 aromatic carbocycles. The maximum Gasteiger partial charge on any atom is 0.331 e. The molecule has 0 radical (unpaired) electrons. The molecule has 1 aliphatic heterocycles. The van der Waals surface area contributed by atoms with E-state index in [1.165, 1.54) is 18.3 Å². The van der Waals surface area contributed by atoms with Gasteiger partial charge in [0.05, 0.1) is 28.1 Å². The molecule has 0 bridgehead atoms. The third-order valence-corrected chi connectivity index (χ3v) is 7.84. The number of rotatable bonds is 5. The summed E-state index contributed by atoms with van der Waals surface area (Å²) in [6, 6.07) is 14.6. The highest BCUT2D eigenvalue weighted by molar-refractivity contribution is 7.21. The Bertz CT molecular complexity index is 1540. The van der Waals surface area contributed by atoms with Crippen molar-refractivity contribution in [3.63, 3.8) is 0 Å². The number of pyridine rings is 2. The number of hydrogen-bond donors (Lipinski definition) is 3. The van der Waals surface area contributed by atoms with E-state index in [0.29, 0.717) is 26.8 Å². The maximum absolute atomic E-state index is 13.4. The third kappa shape index (κ3) is 4.19. The number of amides is 4. The third-order valence-electron chi connectivity index (χ3n) is 6.74. The van der Waals surface area contributed by atoms with Gasteiger partial charge in [-0.05, 0) is 37.5 Å². The van der Waals surface area contributed by atoms with Crippen LogP contribution in [-0.2, 0) is 4.79 Å². The molecule has 10 heteroatoms. The Morgan fingerprint density at radius 3 is 2.57 bits per heavy atom. The lowest BCUT2D eigenvalue weighted by Gasteiger charge is -2.28. The summed E-state index contributed by atoms with van der Waals surface area (Å²) >= 11 is 1.24. The van der Waals surface area contributed by atoms with Crippen LogP contribution in [0.1, 0.15) is 35.9 Å². The molecule has 186 valence electrons. The Morgan fingerprint density at radius 2 is 1.78 bits per heavy atom. The van der Waals surface area contributed by atoms with Crippen LogP contribution >= 0.6 is 11.3 Å². The lowest BCUT2D eigenvalue weighted by Crippen LogP contribution is -2.48. The van der Waals surface area contributed by atoms with Gasteiger partial charge in [0, 0.05) is 37.0 Å². The van der Waals surface area contributed by atoms with Crippen LogP contribution in [0.4, 0.5) is 21.9 Å². The monoisotopic (exact) mass is 512 g/mol. The fraction of sp³-hybridized carbons (Fsp3) is 0.222. The number of benzene rings is 1. The number of nitrogens with one attached hydrogen (secondary N) is 3. The quantitative estimate of drug-likeness (QED) is 0.354. The van der Waals surface area contributed by atoms with Crippen LogP contribution in [0.3, 0.4) is 0 Å². The molecule has 1 fully saturated rings. The maximum atomic E-state index is 13.4. The average Bonchev–Trinajstić information content (AvgIpc) is 3.49. The van der Waals surface area contributed by atoms with Crippen molar-refractivity contribution in [2.45, 2.75) is 38.3 Å². The van der Waals surface area contributed by atoms with Gasteiger partial charge in [0.15, 0.2) is 0 Å². The van der Waals surface area contributed by atoms with E-state index in [1.807, 2.05) is 36.4 Å². The summed E-state index contributed by atoms with van der Waals surface area (Å²) < 4.78 is 0. The van der Waals surface area contributed by atoms with Crippen LogP contribution in [0.15, 0.2) is 60.9 Å². The second-order valence-electron chi connectivity index (χ2n) is 9.17. The predicted molar refractivity (Wildman–Crippen MR) is 143 cm³/mol. The van der Waals surface area contributed by atoms with E-state index in [0.717, 1.165) is 35.9 Å². The van der Waals surface area contributed by atoms with Gasteiger partial charge in [-0.3, -0.25) is 19.5 Å². The van der Waals surface area contributed by atoms with Crippen molar-refractivity contribution >= 4 is 56.5 Å². The minimum atomic E-state index is -0.366. The van der Waals surface area contributed by atoms with E-state index in [-0.39, 0.29) is 29.9 Å². The van der Waals surface area contributed by atoms with E-state index in [1.54, 1.807) is 29.4 Å². The zero-order valence-electron chi connectivity index (χ0n) is 20.0. The topological polar surface area (TPSA) is 116 Å². The molecule has 2 aliphatic rings. The van der Waals surface area contributed by atoms with Gasteiger partial charge in [-0.2, -0.15) is 0 Å². The summed E-state index contributed by atoms with van der Waals surface area (Å²) in [4.78, 5) is 50.0. The first-order chi connectivity index (χ1) is 18.0. The van der Waals surface area contributed by atoms with Crippen molar-refractivity contribution in [3.8, 4) is 11.3 Å². The summed E-state index contributed by atoms with van der Waals surface area (Å²) in [5, 5.41) is 9.65. The van der Waals surface area contributed by atoms with Crippen molar-refractivity contribution in [2.24, 2.45) is 0 Å². The van der Waals surface area contributed by atoms with Crippen LogP contribution in [0.25, 0.3) is 21.5 Å². The molecule has 0 spiro atoms. The van der Waals surface area contributed by atoms with Gasteiger partial charge in [-0.25, -0.2) is 9.78 Å². The fourth-order valence-electron chi connectivity index (χ4n) is 5.13. The summed E-state index contributed by atoms with van der Waals surface area (Å²) in [5.41, 5.74) is 3.47. The van der Waals surface area contributed by atoms with E-state index in [4.69, 9.17) is 0 Å². The Labute approximate surface area is 216 Å². The van der Waals surface area contributed by atoms with Crippen LogP contribution < -0.4 is 20.9 Å². The minimum Gasteiger partial charge on any atom is -0.352 e. The number of carbonyl (C=O) groups excluding carboxylic acids is 3. The Hall–Kier alpha value is -4.31. The molecule has 37 heavy (non-hydrogen) atoms. The molecule has 6 rings (SSSR count). The molecular formula is C27H24N6O3S. The summed E-state index contributed by atoms with van der Waals surface area (Å²) in [6.07, 6.45) is 5.85. The Kier molecular flexibility index (Phi) is 5.80. The van der Waals surface area contributed by atoms with E-state index in [2.05, 4.69) is 25.9 Å². The zero-order valence-corrected chi connectivity index (χ0v) is 20.8. The molecule has 9 nitrogen and oxygen atoms in total. The SMILES string of the molecule is CC(=O)N[C@@H]1CCC[C@@H]1NC(=O)c1sc2nccc3c2c1NC(=O)N3c1ccnc(-c2ccccc2)c1. The van der Waals surface area contributed by atoms with Crippen molar-refractivity contribution in [3.05, 3.63) is 65.8 Å². The minimum absolute atomic E-state index is 0.101. The molecule has 4 heterocycles. The second-order valence-corrected chi connectivity index (χ2v) is 10.2. The predicted octanol–water partition coefficient (Wildman–Crippen LogP) is 4.83. The van der Waals surface area contributed by atoms with Gasteiger partial charge >= 0.3 is 6.03 Å². The molecule has 1 aliphatic carbocycles. The van der Waals surface area contributed by atoms with Crippen LogP contribution in [0.5, 0.6) is 0 Å². The van der Waals surface area contributed by atoms with Gasteiger partial charge in [-0.15, -0.1) is 11.3 Å². The Morgan fingerprint density at radius 1 is 1.03 bits per heavy atom. The number of hydrogen-bond acceptors (Lipinski definition) is 6. The van der Waals surface area contributed by atoms with Crippen LogP contribution in [0, 0.1) is 0 Å². The number of anilines is 3. The van der Waals surface area contributed by atoms with Gasteiger partial charge in [0.1, 0.15) is 9.71 Å². The molecule has 4 aromatic rings. The van der Waals surface area contributed by atoms with Crippen molar-refractivity contribution in [1.82, 2.24) is 20.6 Å². The molecule has 1 saturated carbocycles. The second kappa shape index (κ2) is 9.29. The average molecular weight is 513 g/mol. The number of aromatic nitrogens is 2.